The smallest absolute Gasteiger partial charge is 0.326 e. The number of benzene rings is 10. The van der Waals surface area contributed by atoms with Gasteiger partial charge >= 0.3 is 23.9 Å². The molecule has 0 saturated heterocycles. The maximum Gasteiger partial charge on any atom is 0.326 e. The molecule has 0 aliphatic carbocycles. The fourth-order valence-corrected chi connectivity index (χ4v) is 13.1. The van der Waals surface area contributed by atoms with Gasteiger partial charge in [0.1, 0.15) is 112 Å². The molecule has 0 radical (unpaired) electrons. The SMILES string of the molecule is C=Cc1cccc(N(CC(=O)OC(C)(C)C)C(=O)c2c(F)cccc2F)c1.CCN(CC)C(=O)c1ccc(-c2cccc(N(CC(=O)OC(C)(C)C)C(=O)c3c(F)cc(F)cc3F)c2)cc1.CNC(=O)c1ccc(-c2cccc(N(CC(=O)OC(C)(C)C)C(=O)c3c(F)cc(F)cc3F)c2)cc1.CNC(=O)c1cccc(N(CC(=O)OC(C)(C)C)C(=O)c2c(Cl)cccc2Cl)c1. The number of nitrogens with zero attached hydrogens (tertiary/aromatic N) is 5. The Hall–Kier alpha value is -13.9. The van der Waals surface area contributed by atoms with Crippen LogP contribution in [0.3, 0.4) is 0 Å². The minimum Gasteiger partial charge on any atom is -0.459 e. The van der Waals surface area contributed by atoms with Gasteiger partial charge in [0.15, 0.2) is 0 Å². The van der Waals surface area contributed by atoms with E-state index in [2.05, 4.69) is 17.2 Å². The van der Waals surface area contributed by atoms with E-state index in [1.165, 1.54) is 49.3 Å². The highest BCUT2D eigenvalue weighted by Crippen LogP contribution is 2.34. The number of hydrogen-bond donors (Lipinski definition) is 2. The van der Waals surface area contributed by atoms with Crippen molar-refractivity contribution in [2.45, 2.75) is 119 Å². The molecule has 0 unspecified atom stereocenters. The number of hydrogen-bond acceptors (Lipinski definition) is 15. The van der Waals surface area contributed by atoms with Crippen LogP contribution in [-0.4, -0.2) is 146 Å². The molecular weight excluding hydrogens is 1750 g/mol. The minimum absolute atomic E-state index is 0.0599. The molecular formula is C99H99Cl2F8N7O15. The second-order valence-corrected chi connectivity index (χ2v) is 33.6. The zero-order chi connectivity index (χ0) is 97.5. The molecule has 0 saturated carbocycles. The molecule has 0 aliphatic heterocycles. The van der Waals surface area contributed by atoms with Gasteiger partial charge in [-0.3, -0.25) is 72.3 Å². The number of nitrogens with one attached hydrogen (secondary N) is 2. The first kappa shape index (κ1) is 104. The molecule has 10 aromatic carbocycles. The second-order valence-electron chi connectivity index (χ2n) is 32.8. The zero-order valence-corrected chi connectivity index (χ0v) is 76.3. The summed E-state index contributed by atoms with van der Waals surface area (Å²) in [5, 5.41) is 5.35. The molecule has 32 heteroatoms. The fraction of sp³-hybridized carbons (Fsp3) is 0.263. The van der Waals surface area contributed by atoms with Crippen LogP contribution < -0.4 is 30.2 Å². The molecule has 0 fully saturated rings. The molecule has 0 aliphatic rings. The van der Waals surface area contributed by atoms with Crippen LogP contribution in [0, 0.1) is 46.5 Å². The van der Waals surface area contributed by atoms with E-state index in [1.54, 1.807) is 228 Å². The van der Waals surface area contributed by atoms with Crippen LogP contribution >= 0.6 is 23.2 Å². The molecule has 0 aromatic heterocycles. The van der Waals surface area contributed by atoms with Crippen molar-refractivity contribution in [1.82, 2.24) is 15.5 Å². The van der Waals surface area contributed by atoms with E-state index in [9.17, 15) is 87.9 Å². The number of esters is 4. The first-order valence-corrected chi connectivity index (χ1v) is 41.4. The monoisotopic (exact) mass is 1850 g/mol. The van der Waals surface area contributed by atoms with Crippen molar-refractivity contribution in [3.63, 3.8) is 0 Å². The average Bonchev–Trinajstić information content (AvgIpc) is 0.800. The highest BCUT2D eigenvalue weighted by molar-refractivity contribution is 6.40. The van der Waals surface area contributed by atoms with Crippen LogP contribution in [0.25, 0.3) is 28.3 Å². The van der Waals surface area contributed by atoms with Crippen LogP contribution in [0.2, 0.25) is 10.0 Å². The quantitative estimate of drug-likeness (QED) is 0.0323. The number of halogens is 10. The van der Waals surface area contributed by atoms with E-state index in [0.29, 0.717) is 93.2 Å². The van der Waals surface area contributed by atoms with Crippen molar-refractivity contribution >= 4 is 117 Å². The molecule has 0 atom stereocenters. The molecule has 690 valence electrons. The van der Waals surface area contributed by atoms with Gasteiger partial charge in [-0.05, 0) is 228 Å². The lowest BCUT2D eigenvalue weighted by atomic mass is 10.0. The zero-order valence-electron chi connectivity index (χ0n) is 74.8. The normalized spacial score (nSPS) is 11.1. The Morgan fingerprint density at radius 2 is 0.618 bits per heavy atom. The first-order valence-electron chi connectivity index (χ1n) is 40.7. The third-order valence-electron chi connectivity index (χ3n) is 18.2. The van der Waals surface area contributed by atoms with Gasteiger partial charge in [0.25, 0.3) is 41.4 Å². The van der Waals surface area contributed by atoms with Crippen LogP contribution in [0.15, 0.2) is 213 Å². The summed E-state index contributed by atoms with van der Waals surface area (Å²) in [6.45, 7) is 26.5. The molecule has 131 heavy (non-hydrogen) atoms. The summed E-state index contributed by atoms with van der Waals surface area (Å²) in [5.41, 5.74) is -0.350. The fourth-order valence-electron chi connectivity index (χ4n) is 12.5. The third kappa shape index (κ3) is 30.1. The van der Waals surface area contributed by atoms with Crippen LogP contribution in [0.1, 0.15) is 175 Å². The van der Waals surface area contributed by atoms with Gasteiger partial charge in [-0.15, -0.1) is 0 Å². The molecule has 0 heterocycles. The molecule has 22 nitrogen and oxygen atoms in total. The lowest BCUT2D eigenvalue weighted by Gasteiger charge is -2.26. The largest absolute Gasteiger partial charge is 0.459 e. The summed E-state index contributed by atoms with van der Waals surface area (Å²) in [4.78, 5) is 145. The summed E-state index contributed by atoms with van der Waals surface area (Å²) >= 11 is 12.4. The van der Waals surface area contributed by atoms with E-state index in [1.807, 2.05) is 13.8 Å². The Bertz CT molecular complexity index is 5800. The van der Waals surface area contributed by atoms with Gasteiger partial charge < -0.3 is 34.5 Å². The number of anilines is 4. The maximum atomic E-state index is 14.5. The minimum atomic E-state index is -1.40. The molecule has 0 bridgehead atoms. The Morgan fingerprint density at radius 1 is 0.328 bits per heavy atom. The predicted octanol–water partition coefficient (Wildman–Crippen LogP) is 20.3. The van der Waals surface area contributed by atoms with Crippen LogP contribution in [0.5, 0.6) is 0 Å². The predicted molar refractivity (Wildman–Crippen MR) is 486 cm³/mol. The average molecular weight is 1850 g/mol. The summed E-state index contributed by atoms with van der Waals surface area (Å²) in [7, 11) is 3.02. The Labute approximate surface area is 764 Å². The summed E-state index contributed by atoms with van der Waals surface area (Å²) in [6.07, 6.45) is 1.56. The van der Waals surface area contributed by atoms with Crippen LogP contribution in [-0.2, 0) is 38.1 Å². The van der Waals surface area contributed by atoms with E-state index >= 15 is 0 Å². The van der Waals surface area contributed by atoms with Gasteiger partial charge in [-0.2, -0.15) is 0 Å². The molecule has 7 amide bonds. The number of ether oxygens (including phenoxy) is 4. The van der Waals surface area contributed by atoms with Gasteiger partial charge in [-0.25, -0.2) is 35.1 Å². The van der Waals surface area contributed by atoms with Crippen molar-refractivity contribution < 1.29 is 107 Å². The Kier molecular flexibility index (Phi) is 36.5. The Morgan fingerprint density at radius 3 is 0.954 bits per heavy atom. The van der Waals surface area contributed by atoms with Gasteiger partial charge in [-0.1, -0.05) is 115 Å². The molecule has 2 N–H and O–H groups in total. The third-order valence-corrected chi connectivity index (χ3v) is 18.8. The Balaban J connectivity index is 0.000000241. The summed E-state index contributed by atoms with van der Waals surface area (Å²) in [5.74, 6) is -17.4. The maximum absolute atomic E-state index is 14.5. The van der Waals surface area contributed by atoms with Crippen molar-refractivity contribution in [2.24, 2.45) is 0 Å². The van der Waals surface area contributed by atoms with Gasteiger partial charge in [0.05, 0.1) is 15.6 Å². The second kappa shape index (κ2) is 45.9. The molecule has 10 rings (SSSR count). The van der Waals surface area contributed by atoms with Crippen molar-refractivity contribution in [3.8, 4) is 22.3 Å². The van der Waals surface area contributed by atoms with E-state index in [0.717, 1.165) is 32.9 Å². The molecule has 0 spiro atoms. The highest BCUT2D eigenvalue weighted by atomic mass is 35.5. The number of amides is 7. The topological polar surface area (TPSA) is 265 Å². The highest BCUT2D eigenvalue weighted by Gasteiger charge is 2.35. The standard InChI is InChI=1S/C30H31F3N2O4.C27H25F3N2O4.C21H22Cl2N2O4.C21H21F2NO3/c1-6-34(7-2)28(37)20-13-11-19(12-14-20)21-9-8-10-23(15-21)35(18-26(36)39-30(3,4)5)29(38)27-24(32)16-22(31)17-25(27)33;1-27(2,3)36-23(33)15-32(26(35)24-21(29)13-19(28)14-22(24)30)20-7-5-6-18(12-20)16-8-10-17(11-9-16)25(34)31-4;1-21(2,3)29-17(26)12-25(14-8-5-7-13(11-14)19(27)24-4)20(28)18-15(22)9-6-10-16(18)23;1-5-14-8-6-9-15(12-14)24(13-18(25)27-21(2,3)4)20(26)19-16(22)10-7-11-17(19)23/h8-17H,6-7,18H2,1-5H3;5-14H,15H2,1-4H3,(H,31,34);5-11H,12H2,1-4H3,(H,24,27);5-12H,1,13H2,2-4H3. The van der Waals surface area contributed by atoms with Crippen LogP contribution in [0.4, 0.5) is 57.9 Å². The van der Waals surface area contributed by atoms with Crippen molar-refractivity contribution in [3.05, 3.63) is 314 Å². The van der Waals surface area contributed by atoms with Gasteiger partial charge in [0.2, 0.25) is 0 Å². The lowest BCUT2D eigenvalue weighted by molar-refractivity contribution is -0.154. The van der Waals surface area contributed by atoms with Crippen molar-refractivity contribution in [2.75, 3.05) is 73.0 Å². The van der Waals surface area contributed by atoms with Gasteiger partial charge in [0, 0.05) is 90.9 Å². The molecule has 10 aromatic rings. The summed E-state index contributed by atoms with van der Waals surface area (Å²) in [6, 6.07) is 48.6. The number of carbonyl (C=O) groups excluding carboxylic acids is 11. The van der Waals surface area contributed by atoms with E-state index in [-0.39, 0.29) is 51.2 Å². The number of rotatable bonds is 24. The summed E-state index contributed by atoms with van der Waals surface area (Å²) < 4.78 is 134. The first-order chi connectivity index (χ1) is 61.4. The van der Waals surface area contributed by atoms with E-state index in [4.69, 9.17) is 42.1 Å². The lowest BCUT2D eigenvalue weighted by Crippen LogP contribution is -2.39. The van der Waals surface area contributed by atoms with Crippen molar-refractivity contribution in [1.29, 1.82) is 0 Å². The van der Waals surface area contributed by atoms with E-state index < -0.39 is 153 Å². The number of carbonyl (C=O) groups is 11.